The molecule has 1 fully saturated rings. The number of alkyl halides is 1. The first-order valence-electron chi connectivity index (χ1n) is 13.3. The number of amides is 1. The highest BCUT2D eigenvalue weighted by atomic mass is 35.5. The van der Waals surface area contributed by atoms with Crippen LogP contribution in [0.5, 0.6) is 5.75 Å². The minimum absolute atomic E-state index is 0.0260. The molecule has 198 valence electrons. The van der Waals surface area contributed by atoms with Gasteiger partial charge in [-0.3, -0.25) is 4.79 Å². The van der Waals surface area contributed by atoms with Gasteiger partial charge in [0.1, 0.15) is 5.75 Å². The molecule has 3 aromatic carbocycles. The number of nitrogens with one attached hydrogen (secondary N) is 1. The number of halogens is 2. The average Bonchev–Trinajstić information content (AvgIpc) is 3.32. The van der Waals surface area contributed by atoms with Gasteiger partial charge in [0, 0.05) is 42.1 Å². The second-order valence-corrected chi connectivity index (χ2v) is 10.9. The molecule has 1 N–H and O–H groups in total. The van der Waals surface area contributed by atoms with Crippen molar-refractivity contribution in [3.8, 4) is 16.9 Å². The molecule has 0 heterocycles. The average molecular weight is 550 g/mol. The van der Waals surface area contributed by atoms with Crippen molar-refractivity contribution in [3.63, 3.8) is 0 Å². The van der Waals surface area contributed by atoms with E-state index in [1.165, 1.54) is 0 Å². The summed E-state index contributed by atoms with van der Waals surface area (Å²) in [5, 5.41) is 3.99. The number of hydrogen-bond donors (Lipinski definition) is 1. The molecule has 0 aliphatic heterocycles. The Bertz CT molecular complexity index is 1330. The van der Waals surface area contributed by atoms with Crippen LogP contribution in [0.1, 0.15) is 47.9 Å². The van der Waals surface area contributed by atoms with E-state index in [9.17, 15) is 4.79 Å². The molecule has 4 nitrogen and oxygen atoms in total. The predicted octanol–water partition coefficient (Wildman–Crippen LogP) is 7.17. The van der Waals surface area contributed by atoms with Gasteiger partial charge in [0.25, 0.3) is 5.91 Å². The zero-order chi connectivity index (χ0) is 26.6. The minimum Gasteiger partial charge on any atom is -0.496 e. The lowest BCUT2D eigenvalue weighted by Gasteiger charge is -2.37. The van der Waals surface area contributed by atoms with Gasteiger partial charge in [0.05, 0.1) is 12.1 Å². The lowest BCUT2D eigenvalue weighted by Crippen LogP contribution is -2.45. The molecule has 0 unspecified atom stereocenters. The quantitative estimate of drug-likeness (QED) is 0.303. The van der Waals surface area contributed by atoms with Crippen LogP contribution < -0.4 is 10.1 Å². The third-order valence-electron chi connectivity index (χ3n) is 8.01. The number of methoxy groups -OCH3 is 1. The van der Waals surface area contributed by atoms with Gasteiger partial charge in [-0.05, 0) is 72.7 Å². The van der Waals surface area contributed by atoms with E-state index in [0.717, 1.165) is 64.8 Å². The van der Waals surface area contributed by atoms with Crippen molar-refractivity contribution in [2.75, 3.05) is 14.2 Å². The molecule has 1 amide bonds. The summed E-state index contributed by atoms with van der Waals surface area (Å²) in [6.07, 6.45) is 4.57. The maximum absolute atomic E-state index is 14.2. The third-order valence-corrected chi connectivity index (χ3v) is 8.75. The van der Waals surface area contributed by atoms with E-state index in [4.69, 9.17) is 27.9 Å². The zero-order valence-electron chi connectivity index (χ0n) is 22.0. The fraction of sp³-hybridized carbons (Fsp3) is 0.344. The van der Waals surface area contributed by atoms with Crippen LogP contribution in [0.3, 0.4) is 0 Å². The first kappa shape index (κ1) is 26.8. The number of benzene rings is 3. The van der Waals surface area contributed by atoms with Gasteiger partial charge in [-0.2, -0.15) is 0 Å². The summed E-state index contributed by atoms with van der Waals surface area (Å²) in [6.45, 7) is 0.467. The highest BCUT2D eigenvalue weighted by Crippen LogP contribution is 2.38. The normalized spacial score (nSPS) is 18.8. The van der Waals surface area contributed by atoms with E-state index in [-0.39, 0.29) is 11.9 Å². The predicted molar refractivity (Wildman–Crippen MR) is 157 cm³/mol. The Kier molecular flexibility index (Phi) is 8.42. The van der Waals surface area contributed by atoms with Gasteiger partial charge >= 0.3 is 0 Å². The summed E-state index contributed by atoms with van der Waals surface area (Å²) in [4.78, 5) is 16.3. The van der Waals surface area contributed by atoms with Gasteiger partial charge in [-0.15, -0.1) is 11.6 Å². The van der Waals surface area contributed by atoms with E-state index >= 15 is 0 Å². The number of nitrogens with zero attached hydrogens (tertiary/aromatic N) is 1. The minimum atomic E-state index is 0.0260. The van der Waals surface area contributed by atoms with Gasteiger partial charge in [-0.25, -0.2) is 0 Å². The van der Waals surface area contributed by atoms with Crippen molar-refractivity contribution < 1.29 is 9.53 Å². The molecule has 6 heteroatoms. The Morgan fingerprint density at radius 2 is 1.71 bits per heavy atom. The summed E-state index contributed by atoms with van der Waals surface area (Å²) in [7, 11) is 3.70. The van der Waals surface area contributed by atoms with Crippen LogP contribution in [0.15, 0.2) is 72.3 Å². The molecule has 3 aromatic rings. The monoisotopic (exact) mass is 548 g/mol. The Balaban J connectivity index is 1.48. The topological polar surface area (TPSA) is 41.6 Å². The van der Waals surface area contributed by atoms with Gasteiger partial charge in [0.2, 0.25) is 0 Å². The van der Waals surface area contributed by atoms with Crippen LogP contribution in [-0.2, 0) is 23.6 Å². The van der Waals surface area contributed by atoms with Crippen molar-refractivity contribution >= 4 is 34.1 Å². The molecular weight excluding hydrogens is 515 g/mol. The second kappa shape index (κ2) is 11.9. The smallest absolute Gasteiger partial charge is 0.252 e. The van der Waals surface area contributed by atoms with Crippen LogP contribution in [-0.4, -0.2) is 37.0 Å². The number of fused-ring (bicyclic) bond motifs is 1. The van der Waals surface area contributed by atoms with Crippen LogP contribution in [0.4, 0.5) is 0 Å². The van der Waals surface area contributed by atoms with Crippen molar-refractivity contribution in [1.82, 2.24) is 10.2 Å². The van der Waals surface area contributed by atoms with E-state index in [1.807, 2.05) is 36.2 Å². The lowest BCUT2D eigenvalue weighted by atomic mass is 9.89. The molecule has 0 bridgehead atoms. The molecule has 1 saturated carbocycles. The number of carbonyl (C=O) groups is 1. The van der Waals surface area contributed by atoms with Gasteiger partial charge in [-0.1, -0.05) is 66.2 Å². The van der Waals surface area contributed by atoms with Crippen LogP contribution in [0.25, 0.3) is 16.2 Å². The Labute approximate surface area is 235 Å². The fourth-order valence-corrected chi connectivity index (χ4v) is 6.27. The van der Waals surface area contributed by atoms with Crippen molar-refractivity contribution in [2.45, 2.75) is 56.6 Å². The zero-order valence-corrected chi connectivity index (χ0v) is 23.5. The molecule has 0 aromatic heterocycles. The van der Waals surface area contributed by atoms with Crippen LogP contribution >= 0.6 is 23.2 Å². The summed E-state index contributed by atoms with van der Waals surface area (Å²) >= 11 is 12.8. The maximum Gasteiger partial charge on any atom is 0.252 e. The molecular formula is C32H34Cl2N2O2. The van der Waals surface area contributed by atoms with E-state index in [1.54, 1.807) is 7.11 Å². The standard InChI is InChI=1S/C32H34Cl2N2O2/c1-35-26-12-14-27(15-13-26)36(32(37)29-18-24-5-3-4-6-28(24)31(29)34)20-25-17-23(11-16-30(25)38-2)22-9-7-21(19-33)8-10-22/h3-11,16-17,26-27,35H,12-15,18-20H2,1-2H3. The molecule has 2 aliphatic carbocycles. The maximum atomic E-state index is 14.2. The van der Waals surface area contributed by atoms with E-state index in [0.29, 0.717) is 35.5 Å². The summed E-state index contributed by atoms with van der Waals surface area (Å²) in [5.74, 6) is 1.30. The Morgan fingerprint density at radius 3 is 2.37 bits per heavy atom. The highest BCUT2D eigenvalue weighted by molar-refractivity contribution is 6.51. The SMILES string of the molecule is CNC1CCC(N(Cc2cc(-c3ccc(CCl)cc3)ccc2OC)C(=O)C2=C(Cl)c3ccccc3C2)CC1. The third kappa shape index (κ3) is 5.49. The lowest BCUT2D eigenvalue weighted by molar-refractivity contribution is -0.130. The molecule has 0 spiro atoms. The van der Waals surface area contributed by atoms with Gasteiger partial charge < -0.3 is 15.0 Å². The Morgan fingerprint density at radius 1 is 1.00 bits per heavy atom. The summed E-state index contributed by atoms with van der Waals surface area (Å²) in [5.41, 5.74) is 7.03. The fourth-order valence-electron chi connectivity index (χ4n) is 5.76. The van der Waals surface area contributed by atoms with E-state index in [2.05, 4.69) is 47.8 Å². The highest BCUT2D eigenvalue weighted by Gasteiger charge is 2.34. The van der Waals surface area contributed by atoms with Crippen molar-refractivity contribution in [1.29, 1.82) is 0 Å². The van der Waals surface area contributed by atoms with Crippen LogP contribution in [0, 0.1) is 0 Å². The van der Waals surface area contributed by atoms with Crippen molar-refractivity contribution in [2.24, 2.45) is 0 Å². The van der Waals surface area contributed by atoms with Gasteiger partial charge in [0.15, 0.2) is 0 Å². The second-order valence-electron chi connectivity index (χ2n) is 10.2. The number of rotatable bonds is 8. The molecule has 0 radical (unpaired) electrons. The molecule has 38 heavy (non-hydrogen) atoms. The molecule has 0 atom stereocenters. The molecule has 2 aliphatic rings. The molecule has 5 rings (SSSR count). The first-order valence-corrected chi connectivity index (χ1v) is 14.2. The van der Waals surface area contributed by atoms with Crippen LogP contribution in [0.2, 0.25) is 0 Å². The Hall–Kier alpha value is -2.79. The van der Waals surface area contributed by atoms with Crippen molar-refractivity contribution in [3.05, 3.63) is 94.6 Å². The molecule has 0 saturated heterocycles. The first-order chi connectivity index (χ1) is 18.5. The number of carbonyl (C=O) groups excluding carboxylic acids is 1. The summed E-state index contributed by atoms with van der Waals surface area (Å²) in [6, 6.07) is 23.2. The largest absolute Gasteiger partial charge is 0.496 e. The summed E-state index contributed by atoms with van der Waals surface area (Å²) < 4.78 is 5.77. The number of hydrogen-bond acceptors (Lipinski definition) is 3. The van der Waals surface area contributed by atoms with E-state index < -0.39 is 0 Å². The number of ether oxygens (including phenoxy) is 1.